The van der Waals surface area contributed by atoms with Crippen molar-refractivity contribution in [3.05, 3.63) is 224 Å². The molecule has 63 heavy (non-hydrogen) atoms. The molecule has 2 aromatic heterocycles. The quantitative estimate of drug-likeness (QED) is 0.161. The molecule has 12 aromatic rings. The minimum Gasteiger partial charge on any atom is -0.208 e. The highest BCUT2D eigenvalue weighted by Gasteiger charge is 2.20. The molecule has 0 saturated heterocycles. The zero-order valence-electron chi connectivity index (χ0n) is 34.1. The van der Waals surface area contributed by atoms with Gasteiger partial charge in [-0.1, -0.05) is 194 Å². The van der Waals surface area contributed by atoms with E-state index in [4.69, 9.17) is 15.0 Å². The molecule has 2 heterocycles. The van der Waals surface area contributed by atoms with E-state index in [-0.39, 0.29) is 0 Å². The summed E-state index contributed by atoms with van der Waals surface area (Å²) in [5.41, 5.74) is 12.1. The number of benzene rings is 10. The zero-order valence-corrected chi connectivity index (χ0v) is 34.9. The van der Waals surface area contributed by atoms with E-state index in [2.05, 4.69) is 224 Å². The van der Waals surface area contributed by atoms with E-state index in [1.54, 1.807) is 0 Å². The molecular weight excluding hydrogens is 783 g/mol. The Kier molecular flexibility index (Phi) is 9.02. The molecule has 0 amide bonds. The Bertz CT molecular complexity index is 3680. The molecule has 0 spiro atoms. The van der Waals surface area contributed by atoms with Gasteiger partial charge in [0.2, 0.25) is 0 Å². The summed E-state index contributed by atoms with van der Waals surface area (Å²) in [7, 11) is 0. The maximum atomic E-state index is 5.36. The van der Waals surface area contributed by atoms with Crippen LogP contribution in [0.2, 0.25) is 0 Å². The summed E-state index contributed by atoms with van der Waals surface area (Å²) in [6.07, 6.45) is 0. The number of hydrogen-bond acceptors (Lipinski definition) is 4. The summed E-state index contributed by atoms with van der Waals surface area (Å²) in [5, 5.41) is 7.25. The highest BCUT2D eigenvalue weighted by molar-refractivity contribution is 7.26. The Balaban J connectivity index is 1.01. The van der Waals surface area contributed by atoms with Crippen molar-refractivity contribution < 1.29 is 0 Å². The van der Waals surface area contributed by atoms with Gasteiger partial charge in [-0.2, -0.15) is 0 Å². The van der Waals surface area contributed by atoms with Gasteiger partial charge in [-0.15, -0.1) is 11.3 Å². The Hall–Kier alpha value is -8.05. The fraction of sp³-hybridized carbons (Fsp3) is 0. The van der Waals surface area contributed by atoms with Gasteiger partial charge in [0.25, 0.3) is 0 Å². The number of rotatable bonds is 7. The van der Waals surface area contributed by atoms with Crippen molar-refractivity contribution in [3.63, 3.8) is 0 Å². The standard InChI is InChI=1S/C59H37N3S/c1-2-14-42(15-3-1)51-33-34-53(55-52-24-8-9-26-54(52)63-56(51)55)59-61-57(60-58(62-59)48-22-11-20-46(37-48)50-25-12-18-41-16-6-7-23-49(41)50)47-21-10-19-44(36-47)39-27-29-40(30-28-39)45-32-31-38-13-4-5-17-43(38)35-45/h1-37H. The lowest BCUT2D eigenvalue weighted by Crippen LogP contribution is -2.01. The van der Waals surface area contributed by atoms with Gasteiger partial charge >= 0.3 is 0 Å². The molecule has 3 nitrogen and oxygen atoms in total. The van der Waals surface area contributed by atoms with Crippen LogP contribution in [0.15, 0.2) is 224 Å². The second kappa shape index (κ2) is 15.4. The topological polar surface area (TPSA) is 38.7 Å². The first kappa shape index (κ1) is 36.8. The maximum absolute atomic E-state index is 5.36. The van der Waals surface area contributed by atoms with Gasteiger partial charge in [0.1, 0.15) is 0 Å². The molecule has 294 valence electrons. The SMILES string of the molecule is c1ccc(-c2ccc(-c3nc(-c4cccc(-c5ccc(-c6ccc7ccccc7c6)cc5)c4)nc(-c4cccc(-c5cccc6ccccc56)c4)n3)c3c2sc2ccccc23)cc1. The van der Waals surface area contributed by atoms with Crippen LogP contribution in [-0.4, -0.2) is 15.0 Å². The highest BCUT2D eigenvalue weighted by Crippen LogP contribution is 2.45. The number of hydrogen-bond donors (Lipinski definition) is 0. The molecule has 0 aliphatic heterocycles. The van der Waals surface area contributed by atoms with Gasteiger partial charge in [0, 0.05) is 36.9 Å². The first-order valence-corrected chi connectivity index (χ1v) is 22.1. The van der Waals surface area contributed by atoms with Crippen LogP contribution in [0.3, 0.4) is 0 Å². The molecule has 12 rings (SSSR count). The highest BCUT2D eigenvalue weighted by atomic mass is 32.1. The monoisotopic (exact) mass is 819 g/mol. The molecule has 0 N–H and O–H groups in total. The van der Waals surface area contributed by atoms with Crippen LogP contribution in [0.4, 0.5) is 0 Å². The molecule has 0 radical (unpaired) electrons. The van der Waals surface area contributed by atoms with Crippen molar-refractivity contribution in [1.82, 2.24) is 15.0 Å². The smallest absolute Gasteiger partial charge is 0.164 e. The van der Waals surface area contributed by atoms with E-state index >= 15 is 0 Å². The number of aromatic nitrogens is 3. The van der Waals surface area contributed by atoms with Gasteiger partial charge in [0.05, 0.1) is 0 Å². The third kappa shape index (κ3) is 6.74. The number of fused-ring (bicyclic) bond motifs is 5. The number of thiophene rings is 1. The van der Waals surface area contributed by atoms with E-state index < -0.39 is 0 Å². The third-order valence-electron chi connectivity index (χ3n) is 12.1. The molecule has 0 atom stereocenters. The van der Waals surface area contributed by atoms with Crippen LogP contribution >= 0.6 is 11.3 Å². The summed E-state index contributed by atoms with van der Waals surface area (Å²) in [4.78, 5) is 16.0. The van der Waals surface area contributed by atoms with Gasteiger partial charge in [-0.25, -0.2) is 15.0 Å². The molecular formula is C59H37N3S. The van der Waals surface area contributed by atoms with Crippen molar-refractivity contribution in [2.45, 2.75) is 0 Å². The van der Waals surface area contributed by atoms with Crippen LogP contribution in [0.25, 0.3) is 120 Å². The normalized spacial score (nSPS) is 11.5. The molecule has 0 fully saturated rings. The molecule has 0 aliphatic rings. The van der Waals surface area contributed by atoms with Crippen molar-refractivity contribution in [2.24, 2.45) is 0 Å². The van der Waals surface area contributed by atoms with Gasteiger partial charge < -0.3 is 0 Å². The Morgan fingerprint density at radius 1 is 0.270 bits per heavy atom. The summed E-state index contributed by atoms with van der Waals surface area (Å²) in [6.45, 7) is 0. The average Bonchev–Trinajstić information content (AvgIpc) is 3.76. The Morgan fingerprint density at radius 3 is 1.57 bits per heavy atom. The van der Waals surface area contributed by atoms with E-state index in [0.717, 1.165) is 38.8 Å². The van der Waals surface area contributed by atoms with Crippen LogP contribution in [0, 0.1) is 0 Å². The predicted molar refractivity (Wildman–Crippen MR) is 266 cm³/mol. The van der Waals surface area contributed by atoms with Crippen molar-refractivity contribution in [2.75, 3.05) is 0 Å². The fourth-order valence-electron chi connectivity index (χ4n) is 8.98. The minimum absolute atomic E-state index is 0.625. The van der Waals surface area contributed by atoms with Crippen molar-refractivity contribution in [1.29, 1.82) is 0 Å². The maximum Gasteiger partial charge on any atom is 0.164 e. The summed E-state index contributed by atoms with van der Waals surface area (Å²) < 4.78 is 2.45. The molecule has 0 bridgehead atoms. The largest absolute Gasteiger partial charge is 0.208 e. The summed E-state index contributed by atoms with van der Waals surface area (Å²) in [5.74, 6) is 1.89. The summed E-state index contributed by atoms with van der Waals surface area (Å²) >= 11 is 1.82. The van der Waals surface area contributed by atoms with Crippen LogP contribution in [0.1, 0.15) is 0 Å². The second-order valence-electron chi connectivity index (χ2n) is 16.0. The van der Waals surface area contributed by atoms with E-state index in [0.29, 0.717) is 17.5 Å². The molecule has 0 unspecified atom stereocenters. The summed E-state index contributed by atoms with van der Waals surface area (Å²) in [6, 6.07) is 80.0. The van der Waals surface area contributed by atoms with Crippen molar-refractivity contribution in [3.8, 4) is 78.7 Å². The van der Waals surface area contributed by atoms with Crippen LogP contribution in [0.5, 0.6) is 0 Å². The van der Waals surface area contributed by atoms with Crippen LogP contribution in [-0.2, 0) is 0 Å². The van der Waals surface area contributed by atoms with E-state index in [1.165, 1.54) is 64.1 Å². The van der Waals surface area contributed by atoms with E-state index in [9.17, 15) is 0 Å². The minimum atomic E-state index is 0.625. The van der Waals surface area contributed by atoms with Gasteiger partial charge in [-0.3, -0.25) is 0 Å². The predicted octanol–water partition coefficient (Wildman–Crippen LogP) is 16.2. The first-order chi connectivity index (χ1) is 31.2. The van der Waals surface area contributed by atoms with Crippen molar-refractivity contribution >= 4 is 53.1 Å². The Morgan fingerprint density at radius 2 is 0.794 bits per heavy atom. The number of nitrogens with zero attached hydrogens (tertiary/aromatic N) is 3. The second-order valence-corrected chi connectivity index (χ2v) is 17.0. The lowest BCUT2D eigenvalue weighted by molar-refractivity contribution is 1.08. The van der Waals surface area contributed by atoms with Crippen LogP contribution < -0.4 is 0 Å². The lowest BCUT2D eigenvalue weighted by atomic mass is 9.96. The molecule has 4 heteroatoms. The molecule has 10 aromatic carbocycles. The van der Waals surface area contributed by atoms with E-state index in [1.807, 2.05) is 11.3 Å². The average molecular weight is 820 g/mol. The zero-order chi connectivity index (χ0) is 41.7. The fourth-order valence-corrected chi connectivity index (χ4v) is 10.2. The molecule has 0 aliphatic carbocycles. The first-order valence-electron chi connectivity index (χ1n) is 21.2. The lowest BCUT2D eigenvalue weighted by Gasteiger charge is -2.13. The Labute approximate surface area is 369 Å². The third-order valence-corrected chi connectivity index (χ3v) is 13.3. The van der Waals surface area contributed by atoms with Gasteiger partial charge in [0.15, 0.2) is 17.5 Å². The molecule has 0 saturated carbocycles. The van der Waals surface area contributed by atoms with Gasteiger partial charge in [-0.05, 0) is 96.4 Å².